The van der Waals surface area contributed by atoms with Crippen molar-refractivity contribution in [2.24, 2.45) is 0 Å². The van der Waals surface area contributed by atoms with Crippen molar-refractivity contribution in [3.63, 3.8) is 0 Å². The normalized spacial score (nSPS) is 11.1. The van der Waals surface area contributed by atoms with Crippen molar-refractivity contribution in [2.45, 2.75) is 13.5 Å². The Labute approximate surface area is 115 Å². The molecule has 1 aromatic carbocycles. The van der Waals surface area contributed by atoms with Crippen LogP contribution < -0.4 is 5.73 Å². The predicted molar refractivity (Wildman–Crippen MR) is 78.1 cm³/mol. The average Bonchev–Trinajstić information content (AvgIpc) is 2.78. The lowest BCUT2D eigenvalue weighted by Crippen LogP contribution is -1.99. The van der Waals surface area contributed by atoms with Crippen molar-refractivity contribution in [3.8, 4) is 11.4 Å². The second kappa shape index (κ2) is 4.55. The maximum absolute atomic E-state index is 6.28. The minimum absolute atomic E-state index is 0.485. The van der Waals surface area contributed by atoms with Gasteiger partial charge in [0.15, 0.2) is 0 Å². The number of hydrogen-bond donors (Lipinski definition) is 1. The van der Waals surface area contributed by atoms with Crippen LogP contribution in [0.3, 0.4) is 0 Å². The molecule has 0 aliphatic rings. The molecule has 2 N–H and O–H groups in total. The molecule has 0 unspecified atom stereocenters. The third kappa shape index (κ3) is 1.94. The summed E-state index contributed by atoms with van der Waals surface area (Å²) in [6.07, 6.45) is 1.69. The maximum Gasteiger partial charge on any atom is 0.141 e. The topological polar surface area (TPSA) is 56.7 Å². The molecular weight excluding hydrogens is 260 g/mol. The minimum atomic E-state index is 0.485. The van der Waals surface area contributed by atoms with Crippen LogP contribution in [0.4, 0.5) is 5.82 Å². The van der Waals surface area contributed by atoms with E-state index < -0.39 is 0 Å². The van der Waals surface area contributed by atoms with Gasteiger partial charge in [-0.15, -0.1) is 0 Å². The number of para-hydroxylation sites is 1. The highest BCUT2D eigenvalue weighted by Crippen LogP contribution is 2.29. The zero-order valence-electron chi connectivity index (χ0n) is 10.5. The molecule has 0 fully saturated rings. The first-order valence-corrected chi connectivity index (χ1v) is 6.45. The summed E-state index contributed by atoms with van der Waals surface area (Å²) in [5.74, 6) is 1.35. The van der Waals surface area contributed by atoms with Crippen LogP contribution in [0.25, 0.3) is 22.4 Å². The van der Waals surface area contributed by atoms with Crippen LogP contribution in [0.2, 0.25) is 5.02 Å². The fourth-order valence-corrected chi connectivity index (χ4v) is 2.53. The van der Waals surface area contributed by atoms with Gasteiger partial charge in [0.1, 0.15) is 11.6 Å². The number of nitrogens with two attached hydrogens (primary N) is 1. The van der Waals surface area contributed by atoms with Crippen molar-refractivity contribution in [2.75, 3.05) is 5.73 Å². The van der Waals surface area contributed by atoms with Crippen molar-refractivity contribution in [3.05, 3.63) is 41.6 Å². The Balaban J connectivity index is 2.33. The number of rotatable bonds is 2. The number of nitrogen functional groups attached to an aromatic ring is 1. The van der Waals surface area contributed by atoms with Crippen LogP contribution in [0.5, 0.6) is 0 Å². The van der Waals surface area contributed by atoms with E-state index in [1.54, 1.807) is 6.20 Å². The van der Waals surface area contributed by atoms with Crippen molar-refractivity contribution < 1.29 is 0 Å². The number of anilines is 1. The first-order valence-electron chi connectivity index (χ1n) is 6.07. The van der Waals surface area contributed by atoms with Gasteiger partial charge in [-0.3, -0.25) is 0 Å². The van der Waals surface area contributed by atoms with Gasteiger partial charge in [-0.2, -0.15) is 0 Å². The maximum atomic E-state index is 6.28. The minimum Gasteiger partial charge on any atom is -0.384 e. The van der Waals surface area contributed by atoms with Crippen molar-refractivity contribution in [1.29, 1.82) is 0 Å². The molecule has 0 saturated heterocycles. The van der Waals surface area contributed by atoms with Gasteiger partial charge < -0.3 is 10.3 Å². The van der Waals surface area contributed by atoms with Gasteiger partial charge in [-0.05, 0) is 31.2 Å². The number of aryl methyl sites for hydroxylation is 1. The van der Waals surface area contributed by atoms with E-state index in [-0.39, 0.29) is 0 Å². The fraction of sp³-hybridized carbons (Fsp3) is 0.143. The zero-order chi connectivity index (χ0) is 13.4. The van der Waals surface area contributed by atoms with Gasteiger partial charge in [0.05, 0.1) is 16.1 Å². The standard InChI is InChI=1S/C14H13ClN4/c1-2-19-13-10(15)4-3-5-11(13)18-14(19)9-6-7-17-12(16)8-9/h3-8H,2H2,1H3,(H2,16,17). The van der Waals surface area contributed by atoms with E-state index in [0.29, 0.717) is 10.8 Å². The van der Waals surface area contributed by atoms with Crippen LogP contribution in [-0.4, -0.2) is 14.5 Å². The molecule has 0 atom stereocenters. The highest BCUT2D eigenvalue weighted by atomic mass is 35.5. The summed E-state index contributed by atoms with van der Waals surface area (Å²) in [6.45, 7) is 2.86. The van der Waals surface area contributed by atoms with Gasteiger partial charge >= 0.3 is 0 Å². The summed E-state index contributed by atoms with van der Waals surface area (Å²) >= 11 is 6.28. The highest BCUT2D eigenvalue weighted by molar-refractivity contribution is 6.35. The summed E-state index contributed by atoms with van der Waals surface area (Å²) in [7, 11) is 0. The molecule has 0 amide bonds. The average molecular weight is 273 g/mol. The van der Waals surface area contributed by atoms with E-state index >= 15 is 0 Å². The number of pyridine rings is 1. The second-order valence-electron chi connectivity index (χ2n) is 4.26. The smallest absolute Gasteiger partial charge is 0.141 e. The first kappa shape index (κ1) is 12.0. The lowest BCUT2D eigenvalue weighted by molar-refractivity contribution is 0.796. The second-order valence-corrected chi connectivity index (χ2v) is 4.66. The fourth-order valence-electron chi connectivity index (χ4n) is 2.26. The molecule has 0 bridgehead atoms. The molecule has 0 saturated carbocycles. The molecule has 19 heavy (non-hydrogen) atoms. The van der Waals surface area contributed by atoms with Crippen LogP contribution in [0, 0.1) is 0 Å². The molecule has 96 valence electrons. The van der Waals surface area contributed by atoms with Gasteiger partial charge in [0, 0.05) is 18.3 Å². The van der Waals surface area contributed by atoms with Gasteiger partial charge in [0.2, 0.25) is 0 Å². The third-order valence-electron chi connectivity index (χ3n) is 3.07. The van der Waals surface area contributed by atoms with Crippen LogP contribution in [0.15, 0.2) is 36.5 Å². The number of hydrogen-bond acceptors (Lipinski definition) is 3. The van der Waals surface area contributed by atoms with Gasteiger partial charge in [0.25, 0.3) is 0 Å². The SMILES string of the molecule is CCn1c(-c2ccnc(N)c2)nc2cccc(Cl)c21. The predicted octanol–water partition coefficient (Wildman–Crippen LogP) is 3.35. The highest BCUT2D eigenvalue weighted by Gasteiger charge is 2.13. The Morgan fingerprint density at radius 3 is 2.89 bits per heavy atom. The van der Waals surface area contributed by atoms with Gasteiger partial charge in [-0.1, -0.05) is 17.7 Å². The molecule has 2 aromatic heterocycles. The molecule has 3 aromatic rings. The Bertz CT molecular complexity index is 748. The number of nitrogens with zero attached hydrogens (tertiary/aromatic N) is 3. The summed E-state index contributed by atoms with van der Waals surface area (Å²) in [5.41, 5.74) is 8.53. The van der Waals surface area contributed by atoms with Crippen LogP contribution in [-0.2, 0) is 6.54 Å². The summed E-state index contributed by atoms with van der Waals surface area (Å²) in [6, 6.07) is 9.46. The third-order valence-corrected chi connectivity index (χ3v) is 3.38. The molecule has 2 heterocycles. The largest absolute Gasteiger partial charge is 0.384 e. The summed E-state index contributed by atoms with van der Waals surface area (Å²) in [5, 5.41) is 0.708. The number of aromatic nitrogens is 3. The summed E-state index contributed by atoms with van der Waals surface area (Å²) < 4.78 is 2.09. The Kier molecular flexibility index (Phi) is 2.87. The number of fused-ring (bicyclic) bond motifs is 1. The first-order chi connectivity index (χ1) is 9.20. The Hall–Kier alpha value is -2.07. The van der Waals surface area contributed by atoms with Crippen LogP contribution in [0.1, 0.15) is 6.92 Å². The monoisotopic (exact) mass is 272 g/mol. The van der Waals surface area contributed by atoms with E-state index in [1.165, 1.54) is 0 Å². The molecule has 3 rings (SSSR count). The quantitative estimate of drug-likeness (QED) is 0.778. The Morgan fingerprint density at radius 1 is 1.32 bits per heavy atom. The van der Waals surface area contributed by atoms with Crippen LogP contribution >= 0.6 is 11.6 Å². The molecular formula is C14H13ClN4. The summed E-state index contributed by atoms with van der Waals surface area (Å²) in [4.78, 5) is 8.66. The number of imidazole rings is 1. The van der Waals surface area contributed by atoms with E-state index in [4.69, 9.17) is 17.3 Å². The number of halogens is 1. The van der Waals surface area contributed by atoms with Crippen molar-refractivity contribution >= 4 is 28.5 Å². The van der Waals surface area contributed by atoms with E-state index in [0.717, 1.165) is 29.0 Å². The molecule has 5 heteroatoms. The van der Waals surface area contributed by atoms with Gasteiger partial charge in [-0.25, -0.2) is 9.97 Å². The Morgan fingerprint density at radius 2 is 2.16 bits per heavy atom. The molecule has 0 radical (unpaired) electrons. The molecule has 4 nitrogen and oxygen atoms in total. The lowest BCUT2D eigenvalue weighted by atomic mass is 10.2. The molecule has 0 aliphatic heterocycles. The van der Waals surface area contributed by atoms with E-state index in [9.17, 15) is 0 Å². The number of benzene rings is 1. The van der Waals surface area contributed by atoms with E-state index in [1.807, 2.05) is 30.3 Å². The van der Waals surface area contributed by atoms with E-state index in [2.05, 4.69) is 21.5 Å². The molecule has 0 aliphatic carbocycles. The molecule has 0 spiro atoms. The van der Waals surface area contributed by atoms with Crippen molar-refractivity contribution in [1.82, 2.24) is 14.5 Å². The zero-order valence-corrected chi connectivity index (χ0v) is 11.2. The lowest BCUT2D eigenvalue weighted by Gasteiger charge is -2.07.